The highest BCUT2D eigenvalue weighted by atomic mass is 35.5. The lowest BCUT2D eigenvalue weighted by Crippen LogP contribution is -2.64. The van der Waals surface area contributed by atoms with E-state index in [0.717, 1.165) is 70.2 Å². The maximum atomic E-state index is 12.0. The molecule has 2 aliphatic heterocycles. The van der Waals surface area contributed by atoms with Crippen molar-refractivity contribution in [3.63, 3.8) is 0 Å². The molecule has 0 radical (unpaired) electrons. The fourth-order valence-corrected chi connectivity index (χ4v) is 7.95. The third kappa shape index (κ3) is 4.42. The van der Waals surface area contributed by atoms with Crippen molar-refractivity contribution in [1.82, 2.24) is 15.0 Å². The van der Waals surface area contributed by atoms with Gasteiger partial charge in [-0.25, -0.2) is 9.78 Å². The van der Waals surface area contributed by atoms with Crippen LogP contribution in [0, 0.1) is 0 Å². The highest BCUT2D eigenvalue weighted by Crippen LogP contribution is 2.48. The summed E-state index contributed by atoms with van der Waals surface area (Å²) in [6.07, 6.45) is 5.60. The van der Waals surface area contributed by atoms with Crippen LogP contribution < -0.4 is 4.90 Å². The van der Waals surface area contributed by atoms with Gasteiger partial charge in [-0.05, 0) is 69.5 Å². The van der Waals surface area contributed by atoms with E-state index in [4.69, 9.17) is 37.4 Å². The van der Waals surface area contributed by atoms with Crippen molar-refractivity contribution in [2.24, 2.45) is 0 Å². The zero-order chi connectivity index (χ0) is 26.8. The molecule has 4 heterocycles. The standard InChI is InChI=1S/C29H28Cl2N4O3S/c1-34(14-20-26(33-38-27(20)15-6-7-15)25-21(30)4-3-5-22(25)31)17-11-18-13-19(12-17)35(18)29-32-23-9-8-16(28(36)37-2)10-24(23)39-29/h3-5,8-10,15,17-19H,6-7,11-14H2,1-2H3. The monoisotopic (exact) mass is 582 g/mol. The smallest absolute Gasteiger partial charge is 0.337 e. The SMILES string of the molecule is COC(=O)c1ccc2nc(N3C4CC(N(C)Cc5c(-c6c(Cl)cccc6Cl)noc5C5CC5)CC3C4)sc2c1. The van der Waals surface area contributed by atoms with Crippen molar-refractivity contribution in [2.45, 2.75) is 62.7 Å². The Balaban J connectivity index is 1.10. The lowest BCUT2D eigenvalue weighted by atomic mass is 9.76. The molecule has 4 aromatic rings. The molecule has 2 atom stereocenters. The van der Waals surface area contributed by atoms with Crippen molar-refractivity contribution in [3.05, 3.63) is 63.3 Å². The molecule has 2 unspecified atom stereocenters. The van der Waals surface area contributed by atoms with Gasteiger partial charge in [0.05, 0.1) is 32.9 Å². The van der Waals surface area contributed by atoms with Gasteiger partial charge in [0.25, 0.3) is 0 Å². The minimum atomic E-state index is -0.323. The molecule has 2 aliphatic carbocycles. The molecular weight excluding hydrogens is 555 g/mol. The average Bonchev–Trinajstić information content (AvgIpc) is 3.57. The molecule has 2 aromatic heterocycles. The molecule has 7 nitrogen and oxygen atoms in total. The van der Waals surface area contributed by atoms with Crippen LogP contribution in [0.2, 0.25) is 10.0 Å². The van der Waals surface area contributed by atoms with Gasteiger partial charge in [0.2, 0.25) is 0 Å². The van der Waals surface area contributed by atoms with E-state index in [0.29, 0.717) is 39.7 Å². The topological polar surface area (TPSA) is 71.7 Å². The van der Waals surface area contributed by atoms with Gasteiger partial charge in [-0.3, -0.25) is 4.90 Å². The van der Waals surface area contributed by atoms with E-state index in [1.165, 1.54) is 13.5 Å². The summed E-state index contributed by atoms with van der Waals surface area (Å²) in [5.74, 6) is 1.09. The van der Waals surface area contributed by atoms with E-state index in [-0.39, 0.29) is 5.97 Å². The van der Waals surface area contributed by atoms with Crippen molar-refractivity contribution in [3.8, 4) is 11.3 Å². The number of aromatic nitrogens is 2. The Morgan fingerprint density at radius 1 is 1.15 bits per heavy atom. The fourth-order valence-electron chi connectivity index (χ4n) is 6.23. The van der Waals surface area contributed by atoms with Crippen LogP contribution in [0.15, 0.2) is 40.9 Å². The third-order valence-corrected chi connectivity index (χ3v) is 10.1. The highest BCUT2D eigenvalue weighted by molar-refractivity contribution is 7.22. The van der Waals surface area contributed by atoms with Crippen molar-refractivity contribution in [1.29, 1.82) is 0 Å². The molecule has 4 aliphatic rings. The normalized spacial score (nSPS) is 22.4. The molecule has 2 aromatic carbocycles. The van der Waals surface area contributed by atoms with Gasteiger partial charge in [0.1, 0.15) is 11.5 Å². The second kappa shape index (κ2) is 9.77. The summed E-state index contributed by atoms with van der Waals surface area (Å²) in [6, 6.07) is 12.5. The number of hydrogen-bond donors (Lipinski definition) is 0. The van der Waals surface area contributed by atoms with Gasteiger partial charge in [-0.2, -0.15) is 0 Å². The number of hydrogen-bond acceptors (Lipinski definition) is 8. The minimum absolute atomic E-state index is 0.323. The second-order valence-electron chi connectivity index (χ2n) is 10.9. The van der Waals surface area contributed by atoms with Crippen LogP contribution in [0.1, 0.15) is 59.7 Å². The fraction of sp³-hybridized carbons (Fsp3) is 0.414. The van der Waals surface area contributed by atoms with Gasteiger partial charge >= 0.3 is 5.97 Å². The molecule has 202 valence electrons. The van der Waals surface area contributed by atoms with E-state index < -0.39 is 0 Å². The second-order valence-corrected chi connectivity index (χ2v) is 12.7. The van der Waals surface area contributed by atoms with Crippen LogP contribution in [-0.2, 0) is 11.3 Å². The number of carbonyl (C=O) groups is 1. The molecule has 2 bridgehead atoms. The molecule has 0 N–H and O–H groups in total. The summed E-state index contributed by atoms with van der Waals surface area (Å²) < 4.78 is 11.8. The molecule has 0 spiro atoms. The number of piperidine rings is 1. The number of halogens is 2. The number of fused-ring (bicyclic) bond motifs is 3. The van der Waals surface area contributed by atoms with Gasteiger partial charge in [-0.15, -0.1) is 0 Å². The molecule has 2 saturated heterocycles. The van der Waals surface area contributed by atoms with Gasteiger partial charge in [0, 0.05) is 41.7 Å². The van der Waals surface area contributed by atoms with E-state index in [9.17, 15) is 4.79 Å². The Bertz CT molecular complexity index is 1550. The van der Waals surface area contributed by atoms with E-state index in [2.05, 4.69) is 22.0 Å². The first-order valence-corrected chi connectivity index (χ1v) is 14.9. The Hall–Kier alpha value is -2.65. The lowest BCUT2D eigenvalue weighted by Gasteiger charge is -2.56. The predicted octanol–water partition coefficient (Wildman–Crippen LogP) is 7.16. The van der Waals surface area contributed by atoms with E-state index in [1.54, 1.807) is 17.4 Å². The Labute approximate surface area is 240 Å². The van der Waals surface area contributed by atoms with Crippen LogP contribution in [0.5, 0.6) is 0 Å². The molecule has 4 fully saturated rings. The first-order chi connectivity index (χ1) is 18.9. The van der Waals surface area contributed by atoms with Gasteiger partial charge in [0.15, 0.2) is 5.13 Å². The van der Waals surface area contributed by atoms with Crippen LogP contribution in [0.3, 0.4) is 0 Å². The third-order valence-electron chi connectivity index (χ3n) is 8.44. The minimum Gasteiger partial charge on any atom is -0.465 e. The number of rotatable bonds is 7. The Kier molecular flexibility index (Phi) is 6.34. The first kappa shape index (κ1) is 25.3. The van der Waals surface area contributed by atoms with E-state index >= 15 is 0 Å². The summed E-state index contributed by atoms with van der Waals surface area (Å²) >= 11 is 14.8. The van der Waals surface area contributed by atoms with Crippen LogP contribution in [0.4, 0.5) is 5.13 Å². The number of thiazole rings is 1. The summed E-state index contributed by atoms with van der Waals surface area (Å²) in [7, 11) is 3.61. The highest BCUT2D eigenvalue weighted by Gasteiger charge is 2.47. The van der Waals surface area contributed by atoms with Crippen molar-refractivity contribution < 1.29 is 14.1 Å². The summed E-state index contributed by atoms with van der Waals surface area (Å²) in [5.41, 5.74) is 4.11. The quantitative estimate of drug-likeness (QED) is 0.214. The molecule has 8 rings (SSSR count). The Morgan fingerprint density at radius 2 is 1.90 bits per heavy atom. The van der Waals surface area contributed by atoms with E-state index in [1.807, 2.05) is 30.3 Å². The van der Waals surface area contributed by atoms with Crippen molar-refractivity contribution >= 4 is 55.9 Å². The largest absolute Gasteiger partial charge is 0.465 e. The maximum Gasteiger partial charge on any atom is 0.337 e. The van der Waals surface area contributed by atoms with Crippen LogP contribution in [0.25, 0.3) is 21.5 Å². The number of carbonyl (C=O) groups excluding carboxylic acids is 1. The number of anilines is 1. The summed E-state index contributed by atoms with van der Waals surface area (Å²) in [6.45, 7) is 0.744. The summed E-state index contributed by atoms with van der Waals surface area (Å²) in [5, 5.41) is 6.69. The number of nitrogens with zero attached hydrogens (tertiary/aromatic N) is 4. The number of ether oxygens (including phenoxy) is 1. The molecular formula is C29H28Cl2N4O3S. The first-order valence-electron chi connectivity index (χ1n) is 13.3. The zero-order valence-corrected chi connectivity index (χ0v) is 24.0. The Morgan fingerprint density at radius 3 is 2.59 bits per heavy atom. The number of benzene rings is 2. The number of esters is 1. The molecule has 2 saturated carbocycles. The number of methoxy groups -OCH3 is 1. The average molecular weight is 584 g/mol. The van der Waals surface area contributed by atoms with Gasteiger partial charge in [-0.1, -0.05) is 45.8 Å². The van der Waals surface area contributed by atoms with Crippen LogP contribution >= 0.6 is 34.5 Å². The molecule has 10 heteroatoms. The van der Waals surface area contributed by atoms with Gasteiger partial charge < -0.3 is 14.2 Å². The summed E-state index contributed by atoms with van der Waals surface area (Å²) in [4.78, 5) is 21.8. The molecule has 0 amide bonds. The lowest BCUT2D eigenvalue weighted by molar-refractivity contribution is 0.0601. The zero-order valence-electron chi connectivity index (χ0n) is 21.7. The predicted molar refractivity (Wildman–Crippen MR) is 154 cm³/mol. The molecule has 39 heavy (non-hydrogen) atoms. The van der Waals surface area contributed by atoms with Crippen molar-refractivity contribution in [2.75, 3.05) is 19.1 Å². The van der Waals surface area contributed by atoms with Crippen LogP contribution in [-0.4, -0.2) is 53.3 Å². The maximum absolute atomic E-state index is 12.0.